The zero-order valence-electron chi connectivity index (χ0n) is 11.0. The van der Waals surface area contributed by atoms with Crippen LogP contribution in [0.1, 0.15) is 42.5 Å². The lowest BCUT2D eigenvalue weighted by Crippen LogP contribution is -2.41. The van der Waals surface area contributed by atoms with Crippen molar-refractivity contribution in [2.24, 2.45) is 5.92 Å². The molecule has 2 fully saturated rings. The average molecular weight is 298 g/mol. The number of halogens is 2. The van der Waals surface area contributed by atoms with Crippen molar-refractivity contribution in [3.05, 3.63) is 35.4 Å². The van der Waals surface area contributed by atoms with Crippen LogP contribution in [0.2, 0.25) is 0 Å². The van der Waals surface area contributed by atoms with E-state index in [9.17, 15) is 17.8 Å². The fourth-order valence-corrected chi connectivity index (χ4v) is 5.52. The van der Waals surface area contributed by atoms with Gasteiger partial charge in [-0.2, -0.15) is 0 Å². The molecule has 1 aromatic rings. The van der Waals surface area contributed by atoms with Crippen LogP contribution in [0.5, 0.6) is 0 Å². The Hall–Kier alpha value is -1.10. The minimum absolute atomic E-state index is 0.0988. The highest BCUT2D eigenvalue weighted by Gasteiger charge is 2.40. The van der Waals surface area contributed by atoms with Crippen molar-refractivity contribution in [2.75, 3.05) is 0 Å². The Kier molecular flexibility index (Phi) is 3.71. The average Bonchev–Trinajstić information content (AvgIpc) is 2.41. The number of hydrogen-bond donors (Lipinski definition) is 0. The van der Waals surface area contributed by atoms with Gasteiger partial charge < -0.3 is 0 Å². The quantitative estimate of drug-likeness (QED) is 0.786. The number of rotatable bonds is 2. The number of ketones is 1. The molecule has 20 heavy (non-hydrogen) atoms. The predicted molar refractivity (Wildman–Crippen MR) is 73.0 cm³/mol. The number of carbonyl (C=O) groups is 1. The molecule has 3 rings (SSSR count). The topological polar surface area (TPSA) is 34.1 Å². The molecule has 1 aromatic carbocycles. The van der Waals surface area contributed by atoms with Crippen LogP contribution in [-0.4, -0.2) is 20.5 Å². The van der Waals surface area contributed by atoms with Gasteiger partial charge in [0.05, 0.1) is 0 Å². The molecule has 0 radical (unpaired) electrons. The smallest absolute Gasteiger partial charge is 0.166 e. The number of Topliss-reactive ketones (excluding diaryl/α,β-unsaturated/α-hetero) is 1. The maximum atomic E-state index is 13.2. The van der Waals surface area contributed by atoms with Gasteiger partial charge in [-0.25, -0.2) is 8.78 Å². The van der Waals surface area contributed by atoms with Crippen molar-refractivity contribution in [1.82, 2.24) is 0 Å². The van der Waals surface area contributed by atoms with E-state index in [4.69, 9.17) is 0 Å². The van der Waals surface area contributed by atoms with Crippen LogP contribution in [0.4, 0.5) is 8.78 Å². The highest BCUT2D eigenvalue weighted by molar-refractivity contribution is 7.86. The molecular weight excluding hydrogens is 282 g/mol. The molecule has 2 unspecified atom stereocenters. The van der Waals surface area contributed by atoms with Gasteiger partial charge in [-0.3, -0.25) is 9.00 Å². The van der Waals surface area contributed by atoms with Gasteiger partial charge in [-0.05, 0) is 43.9 Å². The van der Waals surface area contributed by atoms with Crippen molar-refractivity contribution in [3.63, 3.8) is 0 Å². The van der Waals surface area contributed by atoms with Crippen molar-refractivity contribution in [3.8, 4) is 0 Å². The molecule has 108 valence electrons. The zero-order chi connectivity index (χ0) is 14.3. The van der Waals surface area contributed by atoms with Gasteiger partial charge in [-0.15, -0.1) is 0 Å². The van der Waals surface area contributed by atoms with Crippen LogP contribution in [0.15, 0.2) is 18.2 Å². The second-order valence-electron chi connectivity index (χ2n) is 5.66. The summed E-state index contributed by atoms with van der Waals surface area (Å²) in [6.07, 6.45) is 4.12. The van der Waals surface area contributed by atoms with Crippen molar-refractivity contribution >= 4 is 16.6 Å². The standard InChI is InChI=1S/C15H16F2O2S/c16-13-5-4-9(8-14(13)17)15(18)10-6-11-2-1-3-12(7-10)20(11)19/h4-5,8,10-12H,1-3,6-7H2. The first-order valence-electron chi connectivity index (χ1n) is 6.95. The SMILES string of the molecule is O=C(c1ccc(F)c(F)c1)C1CC2CCCC(C1)S2=O. The summed E-state index contributed by atoms with van der Waals surface area (Å²) in [5.74, 6) is -2.27. The number of benzene rings is 1. The lowest BCUT2D eigenvalue weighted by molar-refractivity contribution is 0.0895. The zero-order valence-corrected chi connectivity index (χ0v) is 11.8. The molecule has 2 bridgehead atoms. The maximum absolute atomic E-state index is 13.2. The van der Waals surface area contributed by atoms with E-state index in [1.54, 1.807) is 0 Å². The lowest BCUT2D eigenvalue weighted by Gasteiger charge is -2.37. The molecule has 2 heterocycles. The summed E-state index contributed by atoms with van der Waals surface area (Å²) < 4.78 is 38.2. The summed E-state index contributed by atoms with van der Waals surface area (Å²) in [6, 6.07) is 3.30. The minimum Gasteiger partial charge on any atom is -0.294 e. The minimum atomic E-state index is -0.990. The molecule has 2 aliphatic rings. The van der Waals surface area contributed by atoms with Crippen molar-refractivity contribution < 1.29 is 17.8 Å². The monoisotopic (exact) mass is 298 g/mol. The van der Waals surface area contributed by atoms with Crippen LogP contribution in [0, 0.1) is 17.6 Å². The second kappa shape index (κ2) is 5.35. The van der Waals surface area contributed by atoms with Crippen LogP contribution in [0.3, 0.4) is 0 Å². The van der Waals surface area contributed by atoms with Crippen molar-refractivity contribution in [2.45, 2.75) is 42.6 Å². The fourth-order valence-electron chi connectivity index (χ4n) is 3.33. The molecule has 0 saturated carbocycles. The Morgan fingerprint density at radius 1 is 1.10 bits per heavy atom. The first kappa shape index (κ1) is 13.9. The third-order valence-corrected chi connectivity index (χ3v) is 6.55. The highest BCUT2D eigenvalue weighted by Crippen LogP contribution is 2.38. The fraction of sp³-hybridized carbons (Fsp3) is 0.533. The largest absolute Gasteiger partial charge is 0.294 e. The van der Waals surface area contributed by atoms with E-state index in [0.717, 1.165) is 31.4 Å². The van der Waals surface area contributed by atoms with E-state index in [1.165, 1.54) is 6.07 Å². The summed E-state index contributed by atoms with van der Waals surface area (Å²) in [4.78, 5) is 12.4. The van der Waals surface area contributed by atoms with E-state index < -0.39 is 22.4 Å². The number of fused-ring (bicyclic) bond motifs is 2. The van der Waals surface area contributed by atoms with Crippen LogP contribution in [-0.2, 0) is 10.8 Å². The van der Waals surface area contributed by atoms with Gasteiger partial charge in [0.25, 0.3) is 0 Å². The van der Waals surface area contributed by atoms with Gasteiger partial charge in [0.15, 0.2) is 17.4 Å². The van der Waals surface area contributed by atoms with Gasteiger partial charge >= 0.3 is 0 Å². The molecule has 2 saturated heterocycles. The van der Waals surface area contributed by atoms with E-state index >= 15 is 0 Å². The molecule has 0 spiro atoms. The molecule has 0 amide bonds. The van der Waals surface area contributed by atoms with Crippen LogP contribution in [0.25, 0.3) is 0 Å². The molecule has 5 heteroatoms. The Labute approximate surface area is 119 Å². The highest BCUT2D eigenvalue weighted by atomic mass is 32.2. The van der Waals surface area contributed by atoms with E-state index in [1.807, 2.05) is 0 Å². The Balaban J connectivity index is 1.81. The summed E-state index contributed by atoms with van der Waals surface area (Å²) in [5.41, 5.74) is 0.222. The Morgan fingerprint density at radius 3 is 2.35 bits per heavy atom. The van der Waals surface area contributed by atoms with Gasteiger partial charge in [-0.1, -0.05) is 6.42 Å². The summed E-state index contributed by atoms with van der Waals surface area (Å²) in [7, 11) is -0.824. The first-order valence-corrected chi connectivity index (χ1v) is 8.22. The van der Waals surface area contributed by atoms with Crippen LogP contribution >= 0.6 is 0 Å². The molecule has 0 aliphatic carbocycles. The summed E-state index contributed by atoms with van der Waals surface area (Å²) in [5, 5.41) is 0.198. The van der Waals surface area contributed by atoms with E-state index in [2.05, 4.69) is 0 Å². The number of carbonyl (C=O) groups excluding carboxylic acids is 1. The molecule has 2 atom stereocenters. The van der Waals surface area contributed by atoms with Crippen LogP contribution < -0.4 is 0 Å². The molecule has 0 N–H and O–H groups in total. The number of hydrogen-bond acceptors (Lipinski definition) is 2. The van der Waals surface area contributed by atoms with Gasteiger partial charge in [0.1, 0.15) is 0 Å². The van der Waals surface area contributed by atoms with E-state index in [0.29, 0.717) is 12.8 Å². The summed E-state index contributed by atoms with van der Waals surface area (Å²) in [6.45, 7) is 0. The normalized spacial score (nSPS) is 32.9. The lowest BCUT2D eigenvalue weighted by atomic mass is 9.84. The molecular formula is C15H16F2O2S. The first-order chi connectivity index (χ1) is 9.56. The maximum Gasteiger partial charge on any atom is 0.166 e. The second-order valence-corrected chi connectivity index (χ2v) is 7.66. The third-order valence-electron chi connectivity index (χ3n) is 4.38. The Bertz CT molecular complexity index is 557. The van der Waals surface area contributed by atoms with Gasteiger partial charge in [0, 0.05) is 32.8 Å². The molecule has 2 aliphatic heterocycles. The van der Waals surface area contributed by atoms with E-state index in [-0.39, 0.29) is 27.8 Å². The van der Waals surface area contributed by atoms with Crippen molar-refractivity contribution in [1.29, 1.82) is 0 Å². The summed E-state index contributed by atoms with van der Waals surface area (Å²) >= 11 is 0. The Morgan fingerprint density at radius 2 is 1.75 bits per heavy atom. The molecule has 0 aromatic heterocycles. The van der Waals surface area contributed by atoms with Gasteiger partial charge in [0.2, 0.25) is 0 Å². The third kappa shape index (κ3) is 2.43. The predicted octanol–water partition coefficient (Wildman–Crippen LogP) is 3.23. The molecule has 2 nitrogen and oxygen atoms in total.